The van der Waals surface area contributed by atoms with E-state index in [0.717, 1.165) is 25.3 Å². The standard InChI is InChI=1S/C12H29NO3Si/c1-6-10-12(5,13)16-17(11-7-2,14-8-3)15-9-4/h6-11,13H2,1-5H3. The highest BCUT2D eigenvalue weighted by Crippen LogP contribution is 2.24. The van der Waals surface area contributed by atoms with Gasteiger partial charge in [-0.3, -0.25) is 0 Å². The Hall–Kier alpha value is 0.0569. The van der Waals surface area contributed by atoms with Crippen LogP contribution in [-0.2, 0) is 13.3 Å². The summed E-state index contributed by atoms with van der Waals surface area (Å²) in [5, 5.41) is 0. The summed E-state index contributed by atoms with van der Waals surface area (Å²) in [7, 11) is -2.59. The van der Waals surface area contributed by atoms with Gasteiger partial charge in [0, 0.05) is 19.3 Å². The van der Waals surface area contributed by atoms with E-state index in [0.29, 0.717) is 13.2 Å². The molecule has 1 atom stereocenters. The van der Waals surface area contributed by atoms with Crippen LogP contribution in [0.3, 0.4) is 0 Å². The highest BCUT2D eigenvalue weighted by molar-refractivity contribution is 6.60. The van der Waals surface area contributed by atoms with E-state index in [-0.39, 0.29) is 0 Å². The van der Waals surface area contributed by atoms with Crippen LogP contribution in [0.4, 0.5) is 0 Å². The third kappa shape index (κ3) is 6.52. The molecule has 5 heteroatoms. The third-order valence-corrected chi connectivity index (χ3v) is 5.77. The van der Waals surface area contributed by atoms with Crippen LogP contribution in [0.5, 0.6) is 0 Å². The molecule has 0 aliphatic rings. The van der Waals surface area contributed by atoms with Crippen LogP contribution in [0.2, 0.25) is 6.04 Å². The maximum atomic E-state index is 6.16. The summed E-state index contributed by atoms with van der Waals surface area (Å²) < 4.78 is 17.7. The Morgan fingerprint density at radius 3 is 1.88 bits per heavy atom. The lowest BCUT2D eigenvalue weighted by atomic mass is 10.1. The maximum Gasteiger partial charge on any atom is 0.502 e. The molecule has 1 unspecified atom stereocenters. The summed E-state index contributed by atoms with van der Waals surface area (Å²) in [6.45, 7) is 11.3. The predicted molar refractivity (Wildman–Crippen MR) is 72.7 cm³/mol. The molecule has 0 saturated heterocycles. The van der Waals surface area contributed by atoms with Gasteiger partial charge in [0.05, 0.1) is 0 Å². The van der Waals surface area contributed by atoms with Gasteiger partial charge in [0.25, 0.3) is 0 Å². The topological polar surface area (TPSA) is 53.7 Å². The van der Waals surface area contributed by atoms with Crippen molar-refractivity contribution in [2.75, 3.05) is 13.2 Å². The Morgan fingerprint density at radius 2 is 1.53 bits per heavy atom. The van der Waals surface area contributed by atoms with Crippen LogP contribution in [0.25, 0.3) is 0 Å². The molecule has 0 aromatic carbocycles. The van der Waals surface area contributed by atoms with Gasteiger partial charge < -0.3 is 19.0 Å². The molecular formula is C12H29NO3Si. The first kappa shape index (κ1) is 17.1. The molecular weight excluding hydrogens is 234 g/mol. The molecule has 0 heterocycles. The van der Waals surface area contributed by atoms with Gasteiger partial charge >= 0.3 is 8.80 Å². The zero-order valence-corrected chi connectivity index (χ0v) is 13.0. The van der Waals surface area contributed by atoms with Gasteiger partial charge in [-0.2, -0.15) is 0 Å². The second-order valence-corrected chi connectivity index (χ2v) is 7.11. The van der Waals surface area contributed by atoms with Gasteiger partial charge in [-0.05, 0) is 27.2 Å². The first-order chi connectivity index (χ1) is 7.95. The van der Waals surface area contributed by atoms with Crippen molar-refractivity contribution in [1.82, 2.24) is 0 Å². The van der Waals surface area contributed by atoms with Crippen LogP contribution in [0.15, 0.2) is 0 Å². The summed E-state index contributed by atoms with van der Waals surface area (Å²) >= 11 is 0. The van der Waals surface area contributed by atoms with Crippen molar-refractivity contribution >= 4 is 8.80 Å². The van der Waals surface area contributed by atoms with Gasteiger partial charge in [0.2, 0.25) is 0 Å². The average Bonchev–Trinajstić information content (AvgIpc) is 2.17. The van der Waals surface area contributed by atoms with Crippen LogP contribution in [0, 0.1) is 0 Å². The van der Waals surface area contributed by atoms with Crippen molar-refractivity contribution in [1.29, 1.82) is 0 Å². The first-order valence-electron chi connectivity index (χ1n) is 6.72. The lowest BCUT2D eigenvalue weighted by molar-refractivity contribution is -0.0216. The zero-order chi connectivity index (χ0) is 13.4. The molecule has 4 nitrogen and oxygen atoms in total. The van der Waals surface area contributed by atoms with Crippen LogP contribution < -0.4 is 5.73 Å². The Morgan fingerprint density at radius 1 is 1.00 bits per heavy atom. The summed E-state index contributed by atoms with van der Waals surface area (Å²) in [5.74, 6) is 0. The highest BCUT2D eigenvalue weighted by Gasteiger charge is 2.44. The SMILES string of the molecule is CCCC(C)(N)O[Si](CCC)(OCC)OCC. The monoisotopic (exact) mass is 263 g/mol. The molecule has 0 rings (SSSR count). The van der Waals surface area contributed by atoms with Gasteiger partial charge in [-0.15, -0.1) is 0 Å². The quantitative estimate of drug-likeness (QED) is 0.486. The minimum atomic E-state index is -2.59. The van der Waals surface area contributed by atoms with Crippen molar-refractivity contribution < 1.29 is 13.3 Å². The molecule has 0 aromatic rings. The van der Waals surface area contributed by atoms with Crippen molar-refractivity contribution in [3.05, 3.63) is 0 Å². The second kappa shape index (κ2) is 8.21. The molecule has 0 aliphatic heterocycles. The van der Waals surface area contributed by atoms with Crippen LogP contribution in [0.1, 0.15) is 53.9 Å². The Bertz CT molecular complexity index is 183. The van der Waals surface area contributed by atoms with Crippen molar-refractivity contribution in [3.63, 3.8) is 0 Å². The fraction of sp³-hybridized carbons (Fsp3) is 1.00. The number of nitrogens with two attached hydrogens (primary N) is 1. The maximum absolute atomic E-state index is 6.16. The lowest BCUT2D eigenvalue weighted by Crippen LogP contribution is -2.55. The van der Waals surface area contributed by atoms with Gasteiger partial charge in [-0.25, -0.2) is 0 Å². The number of hydrogen-bond acceptors (Lipinski definition) is 4. The summed E-state index contributed by atoms with van der Waals surface area (Å²) in [6, 6.07) is 0.825. The summed E-state index contributed by atoms with van der Waals surface area (Å²) in [5.41, 5.74) is 5.50. The van der Waals surface area contributed by atoms with Gasteiger partial charge in [-0.1, -0.05) is 26.7 Å². The van der Waals surface area contributed by atoms with Gasteiger partial charge in [0.1, 0.15) is 5.72 Å². The zero-order valence-electron chi connectivity index (χ0n) is 12.0. The third-order valence-electron chi connectivity index (χ3n) is 2.42. The fourth-order valence-corrected chi connectivity index (χ4v) is 4.84. The Labute approximate surface area is 107 Å². The average molecular weight is 263 g/mol. The van der Waals surface area contributed by atoms with E-state index >= 15 is 0 Å². The molecule has 104 valence electrons. The van der Waals surface area contributed by atoms with E-state index in [1.165, 1.54) is 0 Å². The van der Waals surface area contributed by atoms with E-state index in [2.05, 4.69) is 13.8 Å². The summed E-state index contributed by atoms with van der Waals surface area (Å²) in [4.78, 5) is 0. The smallest absolute Gasteiger partial charge is 0.374 e. The molecule has 0 bridgehead atoms. The Balaban J connectivity index is 4.74. The van der Waals surface area contributed by atoms with Crippen LogP contribution >= 0.6 is 0 Å². The largest absolute Gasteiger partial charge is 0.502 e. The van der Waals surface area contributed by atoms with Crippen molar-refractivity contribution in [2.45, 2.75) is 65.7 Å². The molecule has 0 radical (unpaired) electrons. The van der Waals surface area contributed by atoms with Crippen molar-refractivity contribution in [2.24, 2.45) is 5.73 Å². The lowest BCUT2D eigenvalue weighted by Gasteiger charge is -2.36. The molecule has 0 aliphatic carbocycles. The Kier molecular flexibility index (Phi) is 8.24. The first-order valence-corrected chi connectivity index (χ1v) is 8.65. The van der Waals surface area contributed by atoms with E-state index in [1.54, 1.807) is 0 Å². The molecule has 0 aromatic heterocycles. The fourth-order valence-electron chi connectivity index (χ4n) is 1.94. The van der Waals surface area contributed by atoms with Crippen LogP contribution in [-0.4, -0.2) is 27.7 Å². The minimum Gasteiger partial charge on any atom is -0.374 e. The summed E-state index contributed by atoms with van der Waals surface area (Å²) in [6.07, 6.45) is 2.78. The van der Waals surface area contributed by atoms with Gasteiger partial charge in [0.15, 0.2) is 0 Å². The highest BCUT2D eigenvalue weighted by atomic mass is 28.4. The second-order valence-electron chi connectivity index (χ2n) is 4.46. The molecule has 0 spiro atoms. The number of hydrogen-bond donors (Lipinski definition) is 1. The van der Waals surface area contributed by atoms with E-state index in [4.69, 9.17) is 19.0 Å². The minimum absolute atomic E-state index is 0.606. The van der Waals surface area contributed by atoms with E-state index in [1.807, 2.05) is 20.8 Å². The van der Waals surface area contributed by atoms with E-state index < -0.39 is 14.5 Å². The molecule has 17 heavy (non-hydrogen) atoms. The predicted octanol–water partition coefficient (Wildman–Crippen LogP) is 2.90. The van der Waals surface area contributed by atoms with Crippen molar-refractivity contribution in [3.8, 4) is 0 Å². The number of rotatable bonds is 10. The molecule has 0 saturated carbocycles. The normalized spacial score (nSPS) is 15.9. The van der Waals surface area contributed by atoms with E-state index in [9.17, 15) is 0 Å². The molecule has 0 amide bonds. The molecule has 0 fully saturated rings. The molecule has 2 N–H and O–H groups in total.